The first kappa shape index (κ1) is 25.1. The van der Waals surface area contributed by atoms with E-state index in [1.54, 1.807) is 23.2 Å². The number of nitrogens with zero attached hydrogens (tertiary/aromatic N) is 3. The highest BCUT2D eigenvalue weighted by Crippen LogP contribution is 2.27. The molecule has 1 aromatic heterocycles. The summed E-state index contributed by atoms with van der Waals surface area (Å²) in [6, 6.07) is 9.33. The molecule has 0 saturated carbocycles. The van der Waals surface area contributed by atoms with Crippen molar-refractivity contribution in [2.24, 2.45) is 0 Å². The number of carbonyl (C=O) groups is 3. The molecule has 10 nitrogen and oxygen atoms in total. The van der Waals surface area contributed by atoms with Crippen molar-refractivity contribution in [2.45, 2.75) is 17.8 Å². The molecule has 0 bridgehead atoms. The molecule has 2 atom stereocenters. The highest BCUT2D eigenvalue weighted by molar-refractivity contribution is 8.00. The quantitative estimate of drug-likeness (QED) is 0.502. The third-order valence-electron chi connectivity index (χ3n) is 5.71. The fourth-order valence-electron chi connectivity index (χ4n) is 3.85. The van der Waals surface area contributed by atoms with Gasteiger partial charge in [0.2, 0.25) is 5.91 Å². The molecule has 2 fully saturated rings. The number of amides is 2. The Balaban J connectivity index is 1.31. The predicted molar refractivity (Wildman–Crippen MR) is 133 cm³/mol. The molecular formula is C23H26ClN5O5S. The number of carbonyl (C=O) groups excluding carboxylic acids is 2. The van der Waals surface area contributed by atoms with Crippen LogP contribution in [0.3, 0.4) is 0 Å². The number of hydrogen-bond donors (Lipinski definition) is 3. The Morgan fingerprint density at radius 3 is 2.66 bits per heavy atom. The summed E-state index contributed by atoms with van der Waals surface area (Å²) >= 11 is 7.76. The van der Waals surface area contributed by atoms with E-state index in [1.807, 2.05) is 18.2 Å². The number of rotatable bonds is 7. The van der Waals surface area contributed by atoms with Crippen molar-refractivity contribution in [1.82, 2.24) is 20.5 Å². The number of pyridine rings is 1. The predicted octanol–water partition coefficient (Wildman–Crippen LogP) is 1.83. The summed E-state index contributed by atoms with van der Waals surface area (Å²) < 4.78 is 5.49. The number of aromatic nitrogens is 1. The number of carboxylic acids is 1. The van der Waals surface area contributed by atoms with Gasteiger partial charge >= 0.3 is 12.1 Å². The Morgan fingerprint density at radius 2 is 2.03 bits per heavy atom. The SMILES string of the molecule is O=C(O)[C@H](Cc1ccc(OC(=O)N2CCN(c3ccccn3)CC2)c(Cl)c1)NC(=O)[C@H]1NCCS1. The van der Waals surface area contributed by atoms with E-state index < -0.39 is 23.5 Å². The summed E-state index contributed by atoms with van der Waals surface area (Å²) in [4.78, 5) is 44.7. The van der Waals surface area contributed by atoms with Crippen LogP contribution in [0.2, 0.25) is 5.02 Å². The number of benzene rings is 1. The van der Waals surface area contributed by atoms with Gasteiger partial charge in [-0.05, 0) is 29.8 Å². The molecule has 1 aromatic carbocycles. The zero-order chi connectivity index (χ0) is 24.8. The Bertz CT molecular complexity index is 1060. The molecule has 3 N–H and O–H groups in total. The number of thioether (sulfide) groups is 1. The van der Waals surface area contributed by atoms with E-state index >= 15 is 0 Å². The highest BCUT2D eigenvalue weighted by Gasteiger charge is 2.28. The van der Waals surface area contributed by atoms with Crippen molar-refractivity contribution in [2.75, 3.05) is 43.4 Å². The maximum atomic E-state index is 12.6. The van der Waals surface area contributed by atoms with Crippen LogP contribution >= 0.6 is 23.4 Å². The normalized spacial score (nSPS) is 18.7. The molecule has 4 rings (SSSR count). The number of anilines is 1. The average molecular weight is 520 g/mol. The lowest BCUT2D eigenvalue weighted by Crippen LogP contribution is -2.49. The van der Waals surface area contributed by atoms with Crippen LogP contribution in [0.25, 0.3) is 0 Å². The number of halogens is 1. The van der Waals surface area contributed by atoms with E-state index in [-0.39, 0.29) is 23.1 Å². The van der Waals surface area contributed by atoms with Crippen LogP contribution in [0.5, 0.6) is 5.75 Å². The Kier molecular flexibility index (Phi) is 8.32. The third-order valence-corrected chi connectivity index (χ3v) is 7.16. The lowest BCUT2D eigenvalue weighted by atomic mass is 10.1. The summed E-state index contributed by atoms with van der Waals surface area (Å²) in [5.74, 6) is 0.353. The number of hydrogen-bond acceptors (Lipinski definition) is 8. The zero-order valence-electron chi connectivity index (χ0n) is 18.9. The second-order valence-electron chi connectivity index (χ2n) is 8.10. The number of carboxylic acid groups (broad SMARTS) is 1. The summed E-state index contributed by atoms with van der Waals surface area (Å²) in [6.45, 7) is 2.95. The molecule has 0 unspecified atom stereocenters. The minimum Gasteiger partial charge on any atom is -0.480 e. The fraction of sp³-hybridized carbons (Fsp3) is 0.391. The molecule has 2 aliphatic heterocycles. The monoisotopic (exact) mass is 519 g/mol. The molecule has 3 heterocycles. The largest absolute Gasteiger partial charge is 0.480 e. The van der Waals surface area contributed by atoms with Gasteiger partial charge in [0.05, 0.1) is 5.02 Å². The van der Waals surface area contributed by atoms with E-state index in [2.05, 4.69) is 20.5 Å². The highest BCUT2D eigenvalue weighted by atomic mass is 35.5. The van der Waals surface area contributed by atoms with Crippen LogP contribution < -0.4 is 20.3 Å². The van der Waals surface area contributed by atoms with Crippen LogP contribution in [0.1, 0.15) is 5.56 Å². The first-order valence-electron chi connectivity index (χ1n) is 11.2. The molecule has 0 spiro atoms. The fourth-order valence-corrected chi connectivity index (χ4v) is 5.02. The number of nitrogens with one attached hydrogen (secondary N) is 2. The Morgan fingerprint density at radius 1 is 1.23 bits per heavy atom. The lowest BCUT2D eigenvalue weighted by molar-refractivity contribution is -0.141. The van der Waals surface area contributed by atoms with Crippen LogP contribution in [0.15, 0.2) is 42.6 Å². The second-order valence-corrected chi connectivity index (χ2v) is 9.72. The molecule has 186 valence electrons. The average Bonchev–Trinajstić information content (AvgIpc) is 3.41. The molecule has 2 aliphatic rings. The minimum atomic E-state index is -1.14. The van der Waals surface area contributed by atoms with Crippen molar-refractivity contribution in [3.05, 3.63) is 53.2 Å². The first-order valence-corrected chi connectivity index (χ1v) is 12.6. The van der Waals surface area contributed by atoms with Crippen LogP contribution in [0.4, 0.5) is 10.6 Å². The summed E-state index contributed by atoms with van der Waals surface area (Å²) in [5, 5.41) is 14.9. The van der Waals surface area contributed by atoms with Crippen molar-refractivity contribution < 1.29 is 24.2 Å². The number of aliphatic carboxylic acids is 1. The van der Waals surface area contributed by atoms with Gasteiger partial charge in [-0.3, -0.25) is 10.1 Å². The van der Waals surface area contributed by atoms with Crippen molar-refractivity contribution in [3.8, 4) is 5.75 Å². The maximum Gasteiger partial charge on any atom is 0.415 e. The van der Waals surface area contributed by atoms with Gasteiger partial charge in [-0.1, -0.05) is 23.7 Å². The van der Waals surface area contributed by atoms with E-state index in [9.17, 15) is 19.5 Å². The van der Waals surface area contributed by atoms with E-state index in [0.717, 1.165) is 11.6 Å². The molecule has 2 amide bonds. The summed E-state index contributed by atoms with van der Waals surface area (Å²) in [7, 11) is 0. The van der Waals surface area contributed by atoms with Gasteiger partial charge in [-0.15, -0.1) is 11.8 Å². The molecular weight excluding hydrogens is 494 g/mol. The number of piperazine rings is 1. The van der Waals surface area contributed by atoms with Gasteiger partial charge < -0.3 is 25.0 Å². The Hall–Kier alpha value is -3.02. The van der Waals surface area contributed by atoms with Gasteiger partial charge in [-0.2, -0.15) is 0 Å². The summed E-state index contributed by atoms with van der Waals surface area (Å²) in [6.07, 6.45) is 1.28. The minimum absolute atomic E-state index is 0.0435. The van der Waals surface area contributed by atoms with Crippen LogP contribution in [0, 0.1) is 0 Å². The van der Waals surface area contributed by atoms with Crippen molar-refractivity contribution in [1.29, 1.82) is 0 Å². The van der Waals surface area contributed by atoms with Crippen LogP contribution in [-0.4, -0.2) is 82.9 Å². The maximum absolute atomic E-state index is 12.6. The second kappa shape index (κ2) is 11.6. The zero-order valence-corrected chi connectivity index (χ0v) is 20.4. The van der Waals surface area contributed by atoms with E-state index in [0.29, 0.717) is 38.3 Å². The topological polar surface area (TPSA) is 124 Å². The van der Waals surface area contributed by atoms with Crippen molar-refractivity contribution >= 4 is 47.2 Å². The van der Waals surface area contributed by atoms with Gasteiger partial charge in [0.25, 0.3) is 0 Å². The van der Waals surface area contributed by atoms with Gasteiger partial charge in [0.15, 0.2) is 5.75 Å². The molecule has 2 aromatic rings. The lowest BCUT2D eigenvalue weighted by Gasteiger charge is -2.34. The molecule has 2 saturated heterocycles. The van der Waals surface area contributed by atoms with Crippen LogP contribution in [-0.2, 0) is 16.0 Å². The molecule has 35 heavy (non-hydrogen) atoms. The Labute approximate surface area is 212 Å². The molecule has 0 radical (unpaired) electrons. The van der Waals surface area contributed by atoms with E-state index in [1.165, 1.54) is 17.8 Å². The van der Waals surface area contributed by atoms with Gasteiger partial charge in [0, 0.05) is 51.1 Å². The first-order chi connectivity index (χ1) is 16.9. The van der Waals surface area contributed by atoms with Gasteiger partial charge in [0.1, 0.15) is 17.2 Å². The molecule has 12 heteroatoms. The third kappa shape index (κ3) is 6.56. The van der Waals surface area contributed by atoms with E-state index in [4.69, 9.17) is 16.3 Å². The number of ether oxygens (including phenoxy) is 1. The smallest absolute Gasteiger partial charge is 0.415 e. The standard InChI is InChI=1S/C23H26ClN5O5S/c24-16-13-15(14-17(22(31)32)27-20(30)21-26-7-12-35-21)4-5-18(16)34-23(33)29-10-8-28(9-11-29)19-3-1-2-6-25-19/h1-6,13,17,21,26H,7-12,14H2,(H,27,30)(H,31,32)/t17-,21-/m0/s1. The summed E-state index contributed by atoms with van der Waals surface area (Å²) in [5.41, 5.74) is 0.596. The van der Waals surface area contributed by atoms with Gasteiger partial charge in [-0.25, -0.2) is 14.6 Å². The van der Waals surface area contributed by atoms with Crippen molar-refractivity contribution in [3.63, 3.8) is 0 Å². The molecule has 0 aliphatic carbocycles.